The summed E-state index contributed by atoms with van der Waals surface area (Å²) in [6, 6.07) is 26.4. The fraction of sp³-hybridized carbons (Fsp3) is 0.314. The molecule has 0 bridgehead atoms. The number of benzene rings is 3. The molecular formula is C35H35ClN2O3S. The molecule has 1 aromatic heterocycles. The maximum Gasteiger partial charge on any atom is 0.286 e. The van der Waals surface area contributed by atoms with E-state index in [1.165, 1.54) is 5.56 Å². The molecule has 7 heteroatoms. The molecule has 1 N–H and O–H groups in total. The normalized spacial score (nSPS) is 15.1. The summed E-state index contributed by atoms with van der Waals surface area (Å²) in [6.07, 6.45) is 7.88. The van der Waals surface area contributed by atoms with Gasteiger partial charge < -0.3 is 5.11 Å². The molecule has 5 nitrogen and oxygen atoms in total. The molecular weight excluding hydrogens is 564 g/mol. The molecule has 1 atom stereocenters. The molecule has 1 aliphatic carbocycles. The Labute approximate surface area is 256 Å². The number of hydrogen-bond donors (Lipinski definition) is 1. The highest BCUT2D eigenvalue weighted by Gasteiger charge is 2.44. The molecule has 0 aliphatic heterocycles. The first-order chi connectivity index (χ1) is 20.1. The van der Waals surface area contributed by atoms with Gasteiger partial charge >= 0.3 is 0 Å². The number of aryl methyl sites for hydroxylation is 1. The largest absolute Gasteiger partial charge is 0.386 e. The first kappa shape index (κ1) is 30.1. The summed E-state index contributed by atoms with van der Waals surface area (Å²) in [6.45, 7) is 3.64. The zero-order chi connectivity index (χ0) is 29.7. The van der Waals surface area contributed by atoms with E-state index in [1.807, 2.05) is 80.2 Å². The lowest BCUT2D eigenvalue weighted by molar-refractivity contribution is -0.118. The molecule has 1 amide bonds. The summed E-state index contributed by atoms with van der Waals surface area (Å²) >= 11 is 8.02. The maximum atomic E-state index is 11.8. The van der Waals surface area contributed by atoms with Crippen LogP contribution in [-0.2, 0) is 16.8 Å². The zero-order valence-corrected chi connectivity index (χ0v) is 25.5. The van der Waals surface area contributed by atoms with Gasteiger partial charge in [0.1, 0.15) is 0 Å². The molecule has 216 valence electrons. The third-order valence-electron chi connectivity index (χ3n) is 7.93. The second-order valence-electron chi connectivity index (χ2n) is 11.8. The Morgan fingerprint density at radius 1 is 1.07 bits per heavy atom. The van der Waals surface area contributed by atoms with Crippen molar-refractivity contribution < 1.29 is 9.90 Å². The average Bonchev–Trinajstić information content (AvgIpc) is 3.74. The van der Waals surface area contributed by atoms with Crippen LogP contribution >= 0.6 is 23.4 Å². The minimum Gasteiger partial charge on any atom is -0.386 e. The number of nitroso groups, excluding NO2 is 1. The van der Waals surface area contributed by atoms with Gasteiger partial charge in [0.05, 0.1) is 16.8 Å². The lowest BCUT2D eigenvalue weighted by Crippen LogP contribution is -2.18. The van der Waals surface area contributed by atoms with Crippen molar-refractivity contribution in [1.29, 1.82) is 0 Å². The number of aliphatic hydroxyl groups is 1. The van der Waals surface area contributed by atoms with E-state index in [-0.39, 0.29) is 17.1 Å². The highest BCUT2D eigenvalue weighted by atomic mass is 35.5. The zero-order valence-electron chi connectivity index (χ0n) is 23.9. The van der Waals surface area contributed by atoms with Crippen molar-refractivity contribution in [3.63, 3.8) is 0 Å². The second-order valence-corrected chi connectivity index (χ2v) is 13.4. The summed E-state index contributed by atoms with van der Waals surface area (Å²) in [5.41, 5.74) is 5.02. The van der Waals surface area contributed by atoms with Crippen LogP contribution in [0.4, 0.5) is 0 Å². The average molecular weight is 599 g/mol. The van der Waals surface area contributed by atoms with Gasteiger partial charge in [-0.25, -0.2) is 4.98 Å². The number of carbonyl (C=O) groups is 1. The molecule has 1 unspecified atom stereocenters. The van der Waals surface area contributed by atoms with Crippen LogP contribution in [0.3, 0.4) is 0 Å². The quantitative estimate of drug-likeness (QED) is 0.164. The Hall–Kier alpha value is -3.32. The van der Waals surface area contributed by atoms with Gasteiger partial charge in [-0.1, -0.05) is 78.3 Å². The van der Waals surface area contributed by atoms with Gasteiger partial charge in [0, 0.05) is 33.0 Å². The Morgan fingerprint density at radius 2 is 1.86 bits per heavy atom. The SMILES string of the molecule is CC(C)(O)c1ccccc1CCC(SCC1(CC(=O)N=O)CC1)c1cccc(C=Cc2ccc3ccc(Cl)cc3n2)c1. The molecule has 0 saturated heterocycles. The fourth-order valence-corrected chi connectivity index (χ4v) is 7.13. The first-order valence-corrected chi connectivity index (χ1v) is 15.7. The number of thioether (sulfide) groups is 1. The van der Waals surface area contributed by atoms with Crippen LogP contribution in [0, 0.1) is 10.3 Å². The van der Waals surface area contributed by atoms with Gasteiger partial charge in [0.25, 0.3) is 5.91 Å². The third-order valence-corrected chi connectivity index (χ3v) is 9.86. The number of aromatic nitrogens is 1. The molecule has 1 fully saturated rings. The van der Waals surface area contributed by atoms with E-state index in [0.29, 0.717) is 5.02 Å². The number of rotatable bonds is 12. The number of carbonyl (C=O) groups excluding carboxylic acids is 1. The minimum atomic E-state index is -0.924. The Morgan fingerprint density at radius 3 is 2.62 bits per heavy atom. The van der Waals surface area contributed by atoms with Gasteiger partial charge in [-0.3, -0.25) is 4.79 Å². The standard InChI is InChI=1S/C35H35ClN2O3S/c1-34(2,40)30-9-4-3-7-25(30)13-17-32(42-23-35(18-19-35)22-33(39)38-41)27-8-5-6-24(20-27)10-15-29-16-12-26-11-14-28(36)21-31(26)37-29/h3-12,14-16,20-21,32,40H,13,17-19,22-23H2,1-2H3. The van der Waals surface area contributed by atoms with Crippen molar-refractivity contribution in [3.05, 3.63) is 117 Å². The van der Waals surface area contributed by atoms with Gasteiger partial charge in [0.2, 0.25) is 0 Å². The van der Waals surface area contributed by atoms with Crippen molar-refractivity contribution in [2.75, 3.05) is 5.75 Å². The van der Waals surface area contributed by atoms with Crippen LogP contribution in [0.25, 0.3) is 23.1 Å². The van der Waals surface area contributed by atoms with Gasteiger partial charge in [0.15, 0.2) is 0 Å². The fourth-order valence-electron chi connectivity index (χ4n) is 5.39. The first-order valence-electron chi connectivity index (χ1n) is 14.3. The molecule has 1 saturated carbocycles. The van der Waals surface area contributed by atoms with Crippen LogP contribution in [0.15, 0.2) is 84.0 Å². The van der Waals surface area contributed by atoms with E-state index in [2.05, 4.69) is 41.6 Å². The van der Waals surface area contributed by atoms with E-state index in [9.17, 15) is 14.8 Å². The number of amides is 1. The van der Waals surface area contributed by atoms with Crippen molar-refractivity contribution in [2.45, 2.75) is 56.8 Å². The van der Waals surface area contributed by atoms with Crippen molar-refractivity contribution >= 4 is 52.3 Å². The second kappa shape index (κ2) is 12.9. The summed E-state index contributed by atoms with van der Waals surface area (Å²) < 4.78 is 0. The minimum absolute atomic E-state index is 0.124. The maximum absolute atomic E-state index is 11.8. The summed E-state index contributed by atoms with van der Waals surface area (Å²) in [5, 5.41) is 15.3. The van der Waals surface area contributed by atoms with Crippen LogP contribution in [0.5, 0.6) is 0 Å². The number of nitrogens with zero attached hydrogens (tertiary/aromatic N) is 2. The van der Waals surface area contributed by atoms with Gasteiger partial charge in [-0.15, -0.1) is 4.91 Å². The summed E-state index contributed by atoms with van der Waals surface area (Å²) in [5.74, 6) is 0.246. The molecule has 5 rings (SSSR count). The molecule has 0 spiro atoms. The summed E-state index contributed by atoms with van der Waals surface area (Å²) in [7, 11) is 0. The number of hydrogen-bond acceptors (Lipinski definition) is 5. The number of halogens is 1. The van der Waals surface area contributed by atoms with Gasteiger partial charge in [-0.2, -0.15) is 11.8 Å². The Balaban J connectivity index is 1.37. The molecule has 0 radical (unpaired) electrons. The van der Waals surface area contributed by atoms with Crippen LogP contribution < -0.4 is 0 Å². The van der Waals surface area contributed by atoms with E-state index in [4.69, 9.17) is 16.6 Å². The lowest BCUT2D eigenvalue weighted by atomic mass is 9.90. The van der Waals surface area contributed by atoms with E-state index >= 15 is 0 Å². The molecule has 42 heavy (non-hydrogen) atoms. The smallest absolute Gasteiger partial charge is 0.286 e. The Bertz CT molecular complexity index is 1620. The Kier molecular flexibility index (Phi) is 9.26. The third kappa shape index (κ3) is 7.74. The van der Waals surface area contributed by atoms with Crippen molar-refractivity contribution in [2.24, 2.45) is 10.6 Å². The topological polar surface area (TPSA) is 79.6 Å². The van der Waals surface area contributed by atoms with Crippen molar-refractivity contribution in [3.8, 4) is 0 Å². The van der Waals surface area contributed by atoms with Crippen LogP contribution in [0.2, 0.25) is 5.02 Å². The van der Waals surface area contributed by atoms with Crippen LogP contribution in [-0.4, -0.2) is 21.8 Å². The molecule has 3 aromatic carbocycles. The highest BCUT2D eigenvalue weighted by Crippen LogP contribution is 2.53. The molecule has 1 aliphatic rings. The van der Waals surface area contributed by atoms with Crippen molar-refractivity contribution in [1.82, 2.24) is 4.98 Å². The van der Waals surface area contributed by atoms with E-state index < -0.39 is 11.5 Å². The molecule has 4 aromatic rings. The van der Waals surface area contributed by atoms with Crippen LogP contribution in [0.1, 0.15) is 72.7 Å². The molecule has 1 heterocycles. The summed E-state index contributed by atoms with van der Waals surface area (Å²) in [4.78, 5) is 27.3. The van der Waals surface area contributed by atoms with E-state index in [0.717, 1.165) is 64.7 Å². The highest BCUT2D eigenvalue weighted by molar-refractivity contribution is 7.99. The van der Waals surface area contributed by atoms with E-state index in [1.54, 1.807) is 0 Å². The van der Waals surface area contributed by atoms with Gasteiger partial charge in [-0.05, 0) is 91.5 Å². The predicted octanol–water partition coefficient (Wildman–Crippen LogP) is 9.16. The number of pyridine rings is 1. The lowest BCUT2D eigenvalue weighted by Gasteiger charge is -2.24. The number of fused-ring (bicyclic) bond motifs is 1. The monoisotopic (exact) mass is 598 g/mol. The predicted molar refractivity (Wildman–Crippen MR) is 174 cm³/mol.